The Labute approximate surface area is 155 Å². The first-order chi connectivity index (χ1) is 13.1. The molecule has 8 heteroatoms. The lowest BCUT2D eigenvalue weighted by Gasteiger charge is -2.24. The van der Waals surface area contributed by atoms with Crippen LogP contribution in [0.2, 0.25) is 0 Å². The van der Waals surface area contributed by atoms with Gasteiger partial charge in [-0.2, -0.15) is 0 Å². The van der Waals surface area contributed by atoms with E-state index in [1.807, 2.05) is 0 Å². The predicted molar refractivity (Wildman–Crippen MR) is 95.5 cm³/mol. The van der Waals surface area contributed by atoms with Crippen molar-refractivity contribution >= 4 is 17.6 Å². The zero-order valence-electron chi connectivity index (χ0n) is 14.9. The van der Waals surface area contributed by atoms with E-state index in [9.17, 15) is 9.59 Å². The van der Waals surface area contributed by atoms with E-state index < -0.39 is 24.6 Å². The molecular weight excluding hydrogens is 354 g/mol. The van der Waals surface area contributed by atoms with Gasteiger partial charge >= 0.3 is 5.97 Å². The molecule has 0 saturated heterocycles. The summed E-state index contributed by atoms with van der Waals surface area (Å²) in [6, 6.07) is 11.9. The highest BCUT2D eigenvalue weighted by molar-refractivity contribution is 5.94. The zero-order valence-corrected chi connectivity index (χ0v) is 14.9. The van der Waals surface area contributed by atoms with Gasteiger partial charge < -0.3 is 29.0 Å². The number of methoxy groups -OCH3 is 2. The molecule has 1 aliphatic rings. The zero-order chi connectivity index (χ0) is 19.2. The molecule has 3 rings (SSSR count). The smallest absolute Gasteiger partial charge is 0.351 e. The second kappa shape index (κ2) is 8.31. The molecule has 2 aromatic carbocycles. The highest BCUT2D eigenvalue weighted by Gasteiger charge is 2.29. The van der Waals surface area contributed by atoms with E-state index in [2.05, 4.69) is 5.32 Å². The minimum Gasteiger partial charge on any atom is -0.497 e. The first-order valence-electron chi connectivity index (χ1n) is 8.17. The van der Waals surface area contributed by atoms with E-state index in [4.69, 9.17) is 23.7 Å². The number of ether oxygens (including phenoxy) is 5. The van der Waals surface area contributed by atoms with Crippen molar-refractivity contribution in [3.8, 4) is 23.0 Å². The number of carbonyl (C=O) groups is 2. The van der Waals surface area contributed by atoms with Crippen molar-refractivity contribution in [3.05, 3.63) is 42.5 Å². The summed E-state index contributed by atoms with van der Waals surface area (Å²) in [5.74, 6) is 0.843. The summed E-state index contributed by atoms with van der Waals surface area (Å²) in [6.07, 6.45) is -0.928. The number of hydrogen-bond acceptors (Lipinski definition) is 7. The van der Waals surface area contributed by atoms with Crippen LogP contribution in [0.4, 0.5) is 5.69 Å². The third-order valence-corrected chi connectivity index (χ3v) is 3.80. The maximum absolute atomic E-state index is 12.1. The molecule has 0 saturated carbocycles. The molecule has 0 fully saturated rings. The van der Waals surface area contributed by atoms with Crippen molar-refractivity contribution in [1.82, 2.24) is 0 Å². The first-order valence-corrected chi connectivity index (χ1v) is 8.17. The second-order valence-electron chi connectivity index (χ2n) is 5.59. The van der Waals surface area contributed by atoms with Gasteiger partial charge in [-0.05, 0) is 24.3 Å². The lowest BCUT2D eigenvalue weighted by molar-refractivity contribution is -0.156. The fourth-order valence-corrected chi connectivity index (χ4v) is 2.45. The molecule has 0 aliphatic carbocycles. The van der Waals surface area contributed by atoms with Crippen molar-refractivity contribution in [2.45, 2.75) is 6.10 Å². The highest BCUT2D eigenvalue weighted by Crippen LogP contribution is 2.31. The van der Waals surface area contributed by atoms with E-state index in [0.717, 1.165) is 0 Å². The van der Waals surface area contributed by atoms with Crippen molar-refractivity contribution in [2.24, 2.45) is 0 Å². The Morgan fingerprint density at radius 2 is 1.89 bits per heavy atom. The molecule has 0 unspecified atom stereocenters. The number of esters is 1. The van der Waals surface area contributed by atoms with Crippen LogP contribution in [0, 0.1) is 0 Å². The maximum atomic E-state index is 12.1. The Bertz CT molecular complexity index is 837. The number of nitrogens with one attached hydrogen (secondary N) is 1. The Hall–Kier alpha value is -3.42. The Morgan fingerprint density at radius 1 is 1.11 bits per heavy atom. The molecule has 0 bridgehead atoms. The van der Waals surface area contributed by atoms with Crippen LogP contribution in [-0.4, -0.2) is 45.4 Å². The van der Waals surface area contributed by atoms with E-state index in [1.165, 1.54) is 14.2 Å². The SMILES string of the molecule is COc1ccc(NC(=O)COC(=O)[C@H]2COc3ccccc3O2)c(OC)c1. The molecule has 2 aromatic rings. The third kappa shape index (κ3) is 4.41. The number of amides is 1. The molecule has 0 aromatic heterocycles. The Kier molecular flexibility index (Phi) is 5.65. The van der Waals surface area contributed by atoms with Gasteiger partial charge in [-0.25, -0.2) is 4.79 Å². The van der Waals surface area contributed by atoms with Crippen LogP contribution in [0.15, 0.2) is 42.5 Å². The average molecular weight is 373 g/mol. The Balaban J connectivity index is 1.53. The van der Waals surface area contributed by atoms with E-state index in [0.29, 0.717) is 28.7 Å². The van der Waals surface area contributed by atoms with Crippen LogP contribution >= 0.6 is 0 Å². The molecule has 1 heterocycles. The predicted octanol–water partition coefficient (Wildman–Crippen LogP) is 2.03. The number of rotatable bonds is 6. The van der Waals surface area contributed by atoms with Gasteiger partial charge in [0, 0.05) is 6.07 Å². The van der Waals surface area contributed by atoms with E-state index in [-0.39, 0.29) is 6.61 Å². The fourth-order valence-electron chi connectivity index (χ4n) is 2.45. The van der Waals surface area contributed by atoms with Crippen LogP contribution in [0.1, 0.15) is 0 Å². The highest BCUT2D eigenvalue weighted by atomic mass is 16.6. The quantitative estimate of drug-likeness (QED) is 0.775. The lowest BCUT2D eigenvalue weighted by Crippen LogP contribution is -2.39. The van der Waals surface area contributed by atoms with Gasteiger partial charge in [0.25, 0.3) is 5.91 Å². The molecule has 1 N–H and O–H groups in total. The van der Waals surface area contributed by atoms with Gasteiger partial charge in [0.2, 0.25) is 6.10 Å². The topological polar surface area (TPSA) is 92.3 Å². The number of hydrogen-bond donors (Lipinski definition) is 1. The Morgan fingerprint density at radius 3 is 2.63 bits per heavy atom. The van der Waals surface area contributed by atoms with Crippen molar-refractivity contribution in [2.75, 3.05) is 32.8 Å². The largest absolute Gasteiger partial charge is 0.497 e. The first kappa shape index (κ1) is 18.4. The molecule has 1 atom stereocenters. The molecule has 142 valence electrons. The average Bonchev–Trinajstić information content (AvgIpc) is 2.71. The number of benzene rings is 2. The van der Waals surface area contributed by atoms with Gasteiger partial charge in [-0.1, -0.05) is 12.1 Å². The number of para-hydroxylation sites is 2. The summed E-state index contributed by atoms with van der Waals surface area (Å²) in [4.78, 5) is 24.2. The molecule has 1 amide bonds. The van der Waals surface area contributed by atoms with Gasteiger partial charge in [0.15, 0.2) is 18.1 Å². The van der Waals surface area contributed by atoms with Gasteiger partial charge in [-0.3, -0.25) is 4.79 Å². The molecule has 8 nitrogen and oxygen atoms in total. The number of anilines is 1. The third-order valence-electron chi connectivity index (χ3n) is 3.80. The van der Waals surface area contributed by atoms with Gasteiger partial charge in [0.1, 0.15) is 18.1 Å². The van der Waals surface area contributed by atoms with Crippen LogP contribution in [-0.2, 0) is 14.3 Å². The summed E-state index contributed by atoms with van der Waals surface area (Å²) in [6.45, 7) is -0.445. The monoisotopic (exact) mass is 373 g/mol. The van der Waals surface area contributed by atoms with Gasteiger partial charge in [0.05, 0.1) is 19.9 Å². The van der Waals surface area contributed by atoms with Gasteiger partial charge in [-0.15, -0.1) is 0 Å². The van der Waals surface area contributed by atoms with Crippen molar-refractivity contribution < 1.29 is 33.3 Å². The van der Waals surface area contributed by atoms with Crippen LogP contribution < -0.4 is 24.3 Å². The summed E-state index contributed by atoms with van der Waals surface area (Å²) >= 11 is 0. The van der Waals surface area contributed by atoms with E-state index >= 15 is 0 Å². The summed E-state index contributed by atoms with van der Waals surface area (Å²) in [5.41, 5.74) is 0.436. The maximum Gasteiger partial charge on any atom is 0.351 e. The molecule has 1 aliphatic heterocycles. The van der Waals surface area contributed by atoms with Crippen LogP contribution in [0.5, 0.6) is 23.0 Å². The summed E-state index contributed by atoms with van der Waals surface area (Å²) in [7, 11) is 3.00. The molecule has 27 heavy (non-hydrogen) atoms. The lowest BCUT2D eigenvalue weighted by atomic mass is 10.2. The summed E-state index contributed by atoms with van der Waals surface area (Å²) < 4.78 is 26.3. The van der Waals surface area contributed by atoms with Crippen molar-refractivity contribution in [3.63, 3.8) is 0 Å². The molecule has 0 radical (unpaired) electrons. The molecular formula is C19H19NO7. The van der Waals surface area contributed by atoms with Crippen LogP contribution in [0.25, 0.3) is 0 Å². The van der Waals surface area contributed by atoms with E-state index in [1.54, 1.807) is 42.5 Å². The second-order valence-corrected chi connectivity index (χ2v) is 5.59. The molecule has 0 spiro atoms. The standard InChI is InChI=1S/C19H19NO7/c1-23-12-7-8-13(16(9-12)24-2)20-18(21)11-26-19(22)17-10-25-14-5-3-4-6-15(14)27-17/h3-9,17H,10-11H2,1-2H3,(H,20,21)/t17-/m1/s1. The minimum atomic E-state index is -0.928. The van der Waals surface area contributed by atoms with Crippen molar-refractivity contribution in [1.29, 1.82) is 0 Å². The normalized spacial score (nSPS) is 14.8. The number of fused-ring (bicyclic) bond motifs is 1. The van der Waals surface area contributed by atoms with Crippen LogP contribution in [0.3, 0.4) is 0 Å². The minimum absolute atomic E-state index is 0.0176. The number of carbonyl (C=O) groups excluding carboxylic acids is 2. The summed E-state index contributed by atoms with van der Waals surface area (Å²) in [5, 5.41) is 2.62. The fraction of sp³-hybridized carbons (Fsp3) is 0.263.